The van der Waals surface area contributed by atoms with E-state index in [1.165, 1.54) is 12.1 Å². The lowest BCUT2D eigenvalue weighted by molar-refractivity contribution is 0.110. The zero-order valence-corrected chi connectivity index (χ0v) is 17.0. The van der Waals surface area contributed by atoms with Gasteiger partial charge in [-0.2, -0.15) is 4.98 Å². The van der Waals surface area contributed by atoms with Crippen molar-refractivity contribution in [2.75, 3.05) is 10.6 Å². The number of hydrogen-bond donors (Lipinski definition) is 4. The van der Waals surface area contributed by atoms with E-state index in [0.717, 1.165) is 0 Å². The van der Waals surface area contributed by atoms with Gasteiger partial charge in [0.25, 0.3) is 0 Å². The van der Waals surface area contributed by atoms with Gasteiger partial charge in [-0.25, -0.2) is 18.5 Å². The van der Waals surface area contributed by atoms with Gasteiger partial charge in [0.15, 0.2) is 0 Å². The van der Waals surface area contributed by atoms with Gasteiger partial charge >= 0.3 is 0 Å². The van der Waals surface area contributed by atoms with Gasteiger partial charge in [0.05, 0.1) is 21.5 Å². The molecule has 26 heavy (non-hydrogen) atoms. The number of aliphatic hydroxyl groups is 1. The van der Waals surface area contributed by atoms with Crippen molar-refractivity contribution in [3.63, 3.8) is 0 Å². The number of halogens is 1. The molecule has 1 heterocycles. The summed E-state index contributed by atoms with van der Waals surface area (Å²) in [5, 5.41) is 21.4. The van der Waals surface area contributed by atoms with Crippen LogP contribution in [0.2, 0.25) is 0 Å². The first-order chi connectivity index (χ1) is 12.1. The summed E-state index contributed by atoms with van der Waals surface area (Å²) in [5.74, 6) is 0.967. The van der Waals surface area contributed by atoms with Crippen LogP contribution in [-0.2, 0) is 10.0 Å². The molecular weight excluding hydrogens is 422 g/mol. The summed E-state index contributed by atoms with van der Waals surface area (Å²) in [6.07, 6.45) is 1.06. The summed E-state index contributed by atoms with van der Waals surface area (Å²) in [7, 11) is -3.73. The van der Waals surface area contributed by atoms with Crippen LogP contribution in [0.5, 0.6) is 0 Å². The maximum atomic E-state index is 11.3. The predicted molar refractivity (Wildman–Crippen MR) is 105 cm³/mol. The van der Waals surface area contributed by atoms with Crippen molar-refractivity contribution in [1.82, 2.24) is 9.97 Å². The molecule has 142 valence electrons. The Morgan fingerprint density at radius 2 is 1.81 bits per heavy atom. The summed E-state index contributed by atoms with van der Waals surface area (Å²) in [6, 6.07) is 5.74. The van der Waals surface area contributed by atoms with E-state index in [4.69, 9.17) is 5.14 Å². The third-order valence-corrected chi connectivity index (χ3v) is 5.25. The number of nitrogens with one attached hydrogen (secondary N) is 2. The van der Waals surface area contributed by atoms with E-state index in [9.17, 15) is 13.5 Å². The molecule has 2 rings (SSSR count). The number of primary sulfonamides is 1. The highest BCUT2D eigenvalue weighted by molar-refractivity contribution is 9.10. The monoisotopic (exact) mass is 443 g/mol. The summed E-state index contributed by atoms with van der Waals surface area (Å²) >= 11 is 3.38. The minimum atomic E-state index is -3.73. The number of nitrogens with zero attached hydrogens (tertiary/aromatic N) is 2. The Hall–Kier alpha value is -1.75. The smallest absolute Gasteiger partial charge is 0.238 e. The fraction of sp³-hybridized carbons (Fsp3) is 0.375. The summed E-state index contributed by atoms with van der Waals surface area (Å²) in [6.45, 7) is 5.75. The molecule has 0 bridgehead atoms. The first kappa shape index (κ1) is 20.6. The molecule has 0 radical (unpaired) electrons. The van der Waals surface area contributed by atoms with Crippen molar-refractivity contribution >= 4 is 43.4 Å². The largest absolute Gasteiger partial charge is 0.391 e. The molecule has 0 fully saturated rings. The quantitative estimate of drug-likeness (QED) is 0.516. The molecule has 5 N–H and O–H groups in total. The molecular formula is C16H22BrN5O3S. The third-order valence-electron chi connectivity index (χ3n) is 3.74. The van der Waals surface area contributed by atoms with Gasteiger partial charge in [-0.05, 0) is 53.0 Å². The van der Waals surface area contributed by atoms with Crippen molar-refractivity contribution in [2.24, 2.45) is 11.1 Å². The molecule has 0 aliphatic carbocycles. The highest BCUT2D eigenvalue weighted by atomic mass is 79.9. The second-order valence-electron chi connectivity index (χ2n) is 6.25. The van der Waals surface area contributed by atoms with Crippen molar-refractivity contribution in [2.45, 2.75) is 37.8 Å². The maximum Gasteiger partial charge on any atom is 0.238 e. The maximum absolute atomic E-state index is 11.3. The van der Waals surface area contributed by atoms with Gasteiger partial charge in [0.2, 0.25) is 16.0 Å². The van der Waals surface area contributed by atoms with Crippen LogP contribution in [0.1, 0.15) is 20.8 Å². The number of anilines is 3. The van der Waals surface area contributed by atoms with E-state index in [1.807, 2.05) is 20.8 Å². The molecule has 2 unspecified atom stereocenters. The van der Waals surface area contributed by atoms with E-state index in [-0.39, 0.29) is 16.9 Å². The summed E-state index contributed by atoms with van der Waals surface area (Å²) in [4.78, 5) is 8.59. The Bertz CT molecular complexity index is 859. The normalized spacial score (nSPS) is 14.1. The van der Waals surface area contributed by atoms with Crippen molar-refractivity contribution < 1.29 is 13.5 Å². The summed E-state index contributed by atoms with van der Waals surface area (Å²) in [5.41, 5.74) is 0.612. The van der Waals surface area contributed by atoms with Crippen LogP contribution < -0.4 is 15.8 Å². The minimum Gasteiger partial charge on any atom is -0.391 e. The Labute approximate surface area is 161 Å². The van der Waals surface area contributed by atoms with Gasteiger partial charge in [0.1, 0.15) is 5.82 Å². The lowest BCUT2D eigenvalue weighted by Gasteiger charge is -2.24. The topological polar surface area (TPSA) is 130 Å². The first-order valence-electron chi connectivity index (χ1n) is 7.95. The number of nitrogens with two attached hydrogens (primary N) is 1. The predicted octanol–water partition coefficient (Wildman–Crippen LogP) is 2.45. The number of rotatable bonds is 7. The highest BCUT2D eigenvalue weighted by Gasteiger charge is 2.19. The third kappa shape index (κ3) is 5.37. The average Bonchev–Trinajstić information content (AvgIpc) is 2.56. The van der Waals surface area contributed by atoms with E-state index in [2.05, 4.69) is 36.5 Å². The molecule has 2 aromatic rings. The second kappa shape index (κ2) is 8.30. The molecule has 8 nitrogen and oxygen atoms in total. The van der Waals surface area contributed by atoms with E-state index >= 15 is 0 Å². The minimum absolute atomic E-state index is 0.0265. The molecule has 0 amide bonds. The van der Waals surface area contributed by atoms with Crippen LogP contribution in [0.25, 0.3) is 0 Å². The van der Waals surface area contributed by atoms with Gasteiger partial charge in [-0.15, -0.1) is 0 Å². The zero-order valence-electron chi connectivity index (χ0n) is 14.6. The van der Waals surface area contributed by atoms with Gasteiger partial charge in [-0.3, -0.25) is 0 Å². The number of sulfonamides is 1. The summed E-state index contributed by atoms with van der Waals surface area (Å²) < 4.78 is 23.2. The Morgan fingerprint density at radius 3 is 2.35 bits per heavy atom. The number of hydrogen-bond acceptors (Lipinski definition) is 7. The lowest BCUT2D eigenvalue weighted by Crippen LogP contribution is -2.35. The fourth-order valence-electron chi connectivity index (χ4n) is 2.26. The van der Waals surface area contributed by atoms with Gasteiger partial charge < -0.3 is 15.7 Å². The van der Waals surface area contributed by atoms with E-state index in [1.54, 1.807) is 18.3 Å². The van der Waals surface area contributed by atoms with E-state index < -0.39 is 16.1 Å². The number of aromatic nitrogens is 2. The first-order valence-corrected chi connectivity index (χ1v) is 10.3. The molecule has 1 aromatic carbocycles. The van der Waals surface area contributed by atoms with E-state index in [0.29, 0.717) is 21.9 Å². The molecule has 0 aliphatic rings. The van der Waals surface area contributed by atoms with Crippen LogP contribution >= 0.6 is 15.9 Å². The highest BCUT2D eigenvalue weighted by Crippen LogP contribution is 2.24. The molecule has 1 aromatic heterocycles. The molecule has 0 saturated heterocycles. The molecule has 2 atom stereocenters. The van der Waals surface area contributed by atoms with Gasteiger partial charge in [-0.1, -0.05) is 13.8 Å². The van der Waals surface area contributed by atoms with Crippen molar-refractivity contribution in [3.05, 3.63) is 34.9 Å². The van der Waals surface area contributed by atoms with Crippen molar-refractivity contribution in [1.29, 1.82) is 0 Å². The van der Waals surface area contributed by atoms with Crippen LogP contribution in [0, 0.1) is 5.92 Å². The van der Waals surface area contributed by atoms with Crippen LogP contribution in [0.15, 0.2) is 39.8 Å². The fourth-order valence-corrected chi connectivity index (χ4v) is 3.08. The Balaban J connectivity index is 2.16. The molecule has 10 heteroatoms. The van der Waals surface area contributed by atoms with Crippen molar-refractivity contribution in [3.8, 4) is 0 Å². The zero-order chi connectivity index (χ0) is 19.5. The molecule has 0 spiro atoms. The number of aliphatic hydroxyl groups excluding tert-OH is 1. The standard InChI is InChI=1S/C16H22BrN5O3S/c1-9(2)14(23)10(3)20-15-13(17)8-19-16(22-15)21-11-4-6-12(7-5-11)26(18,24)25/h4-10,14,23H,1-3H3,(H2,18,24,25)(H2,19,20,21,22). The Morgan fingerprint density at radius 1 is 1.19 bits per heavy atom. The lowest BCUT2D eigenvalue weighted by atomic mass is 10.0. The molecule has 0 aliphatic heterocycles. The SMILES string of the molecule is CC(C)C(O)C(C)Nc1nc(Nc2ccc(S(N)(=O)=O)cc2)ncc1Br. The second-order valence-corrected chi connectivity index (χ2v) is 8.67. The van der Waals surface area contributed by atoms with Crippen LogP contribution in [-0.4, -0.2) is 35.6 Å². The number of benzene rings is 1. The molecule has 0 saturated carbocycles. The average molecular weight is 444 g/mol. The van der Waals surface area contributed by atoms with Crippen LogP contribution in [0.4, 0.5) is 17.5 Å². The van der Waals surface area contributed by atoms with Gasteiger partial charge in [0, 0.05) is 11.9 Å². The Kier molecular flexibility index (Phi) is 6.56. The van der Waals surface area contributed by atoms with Crippen LogP contribution in [0.3, 0.4) is 0 Å².